The normalized spacial score (nSPS) is 16.2. The Kier molecular flexibility index (Phi) is 6.16. The van der Waals surface area contributed by atoms with Crippen molar-refractivity contribution in [1.82, 2.24) is 10.3 Å². The molecule has 1 saturated heterocycles. The van der Waals surface area contributed by atoms with Gasteiger partial charge in [0.2, 0.25) is 5.91 Å². The van der Waals surface area contributed by atoms with Gasteiger partial charge in [0, 0.05) is 36.1 Å². The molecule has 0 aliphatic carbocycles. The average Bonchev–Trinajstić information content (AvgIpc) is 2.50. The molecule has 0 radical (unpaired) electrons. The zero-order valence-electron chi connectivity index (χ0n) is 11.6. The third kappa shape index (κ3) is 5.45. The Hall–Kier alpha value is -1.44. The first-order valence-corrected chi connectivity index (χ1v) is 7.55. The predicted molar refractivity (Wildman–Crippen MR) is 83.4 cm³/mol. The lowest BCUT2D eigenvalue weighted by atomic mass is 10.2. The smallest absolute Gasteiger partial charge is 0.241 e. The summed E-state index contributed by atoms with van der Waals surface area (Å²) in [6, 6.07) is 5.01. The van der Waals surface area contributed by atoms with E-state index in [1.165, 1.54) is 6.21 Å². The van der Waals surface area contributed by atoms with E-state index in [9.17, 15) is 9.90 Å². The Morgan fingerprint density at radius 1 is 1.48 bits per heavy atom. The molecule has 0 unspecified atom stereocenters. The second kappa shape index (κ2) is 8.11. The van der Waals surface area contributed by atoms with Crippen molar-refractivity contribution in [1.29, 1.82) is 0 Å². The van der Waals surface area contributed by atoms with E-state index >= 15 is 0 Å². The summed E-state index contributed by atoms with van der Waals surface area (Å²) in [5.74, 6) is -0.0308. The summed E-state index contributed by atoms with van der Waals surface area (Å²) in [5, 5.41) is 13.5. The number of halogens is 1. The Morgan fingerprint density at radius 2 is 2.24 bits per heavy atom. The number of ether oxygens (including phenoxy) is 1. The van der Waals surface area contributed by atoms with Crippen LogP contribution < -0.4 is 5.43 Å². The van der Waals surface area contributed by atoms with Gasteiger partial charge >= 0.3 is 0 Å². The number of rotatable bonds is 5. The van der Waals surface area contributed by atoms with E-state index in [0.29, 0.717) is 18.5 Å². The quantitative estimate of drug-likeness (QED) is 0.617. The molecule has 1 aromatic carbocycles. The molecule has 0 bridgehead atoms. The molecule has 1 aromatic rings. The summed E-state index contributed by atoms with van der Waals surface area (Å²) in [4.78, 5) is 13.9. The van der Waals surface area contributed by atoms with Gasteiger partial charge in [-0.1, -0.05) is 15.9 Å². The molecular weight excluding hydrogens is 338 g/mol. The number of carbonyl (C=O) groups excluding carboxylic acids is 1. The van der Waals surface area contributed by atoms with Gasteiger partial charge in [-0.15, -0.1) is 0 Å². The first kappa shape index (κ1) is 15.9. The lowest BCUT2D eigenvalue weighted by Gasteiger charge is -2.25. The van der Waals surface area contributed by atoms with Crippen LogP contribution >= 0.6 is 15.9 Å². The Balaban J connectivity index is 1.75. The number of carbonyl (C=O) groups is 1. The van der Waals surface area contributed by atoms with Gasteiger partial charge in [0.15, 0.2) is 0 Å². The lowest BCUT2D eigenvalue weighted by molar-refractivity contribution is -0.121. The molecule has 2 N–H and O–H groups in total. The summed E-state index contributed by atoms with van der Waals surface area (Å²) >= 11 is 3.31. The van der Waals surface area contributed by atoms with Gasteiger partial charge in [-0.25, -0.2) is 5.43 Å². The van der Waals surface area contributed by atoms with Crippen molar-refractivity contribution in [3.8, 4) is 5.75 Å². The van der Waals surface area contributed by atoms with Crippen LogP contribution in [-0.2, 0) is 9.53 Å². The summed E-state index contributed by atoms with van der Waals surface area (Å²) in [6.07, 6.45) is 1.81. The summed E-state index contributed by atoms with van der Waals surface area (Å²) in [7, 11) is 0. The van der Waals surface area contributed by atoms with Crippen LogP contribution in [-0.4, -0.2) is 55.0 Å². The highest BCUT2D eigenvalue weighted by molar-refractivity contribution is 9.10. The highest BCUT2D eigenvalue weighted by Crippen LogP contribution is 2.19. The number of amides is 1. The van der Waals surface area contributed by atoms with Crippen molar-refractivity contribution in [3.63, 3.8) is 0 Å². The maximum absolute atomic E-state index is 11.7. The fraction of sp³-hybridized carbons (Fsp3) is 0.429. The zero-order chi connectivity index (χ0) is 15.1. The molecule has 21 heavy (non-hydrogen) atoms. The SMILES string of the molecule is O=C(CCN1CCOCC1)N/N=C\c1cc(Br)ccc1O. The third-order valence-corrected chi connectivity index (χ3v) is 3.63. The largest absolute Gasteiger partial charge is 0.507 e. The maximum atomic E-state index is 11.7. The van der Waals surface area contributed by atoms with Gasteiger partial charge in [0.25, 0.3) is 0 Å². The van der Waals surface area contributed by atoms with E-state index < -0.39 is 0 Å². The van der Waals surface area contributed by atoms with Gasteiger partial charge in [-0.05, 0) is 18.2 Å². The fourth-order valence-electron chi connectivity index (χ4n) is 1.94. The molecule has 6 nitrogen and oxygen atoms in total. The summed E-state index contributed by atoms with van der Waals surface area (Å²) < 4.78 is 6.08. The van der Waals surface area contributed by atoms with Crippen LogP contribution in [0.25, 0.3) is 0 Å². The van der Waals surface area contributed by atoms with Crippen LogP contribution in [0.3, 0.4) is 0 Å². The molecule has 114 valence electrons. The number of nitrogens with one attached hydrogen (secondary N) is 1. The van der Waals surface area contributed by atoms with Crippen LogP contribution in [0.4, 0.5) is 0 Å². The van der Waals surface area contributed by atoms with Crippen LogP contribution in [0.1, 0.15) is 12.0 Å². The van der Waals surface area contributed by atoms with Gasteiger partial charge in [-0.2, -0.15) is 5.10 Å². The van der Waals surface area contributed by atoms with E-state index in [1.807, 2.05) is 0 Å². The minimum Gasteiger partial charge on any atom is -0.507 e. The van der Waals surface area contributed by atoms with Crippen LogP contribution in [0, 0.1) is 0 Å². The molecule has 1 fully saturated rings. The van der Waals surface area contributed by atoms with Gasteiger partial charge in [0.05, 0.1) is 19.4 Å². The minimum atomic E-state index is -0.146. The predicted octanol–water partition coefficient (Wildman–Crippen LogP) is 1.33. The molecule has 1 aliphatic heterocycles. The van der Waals surface area contributed by atoms with Crippen molar-refractivity contribution in [2.75, 3.05) is 32.8 Å². The number of phenolic OH excluding ortho intramolecular Hbond substituents is 1. The molecule has 0 saturated carbocycles. The van der Waals surface area contributed by atoms with Crippen LogP contribution in [0.2, 0.25) is 0 Å². The number of benzene rings is 1. The van der Waals surface area contributed by atoms with E-state index in [2.05, 4.69) is 31.4 Å². The van der Waals surface area contributed by atoms with E-state index in [0.717, 1.165) is 30.8 Å². The molecule has 2 rings (SSSR count). The van der Waals surface area contributed by atoms with Gasteiger partial charge in [-0.3, -0.25) is 9.69 Å². The Labute approximate surface area is 131 Å². The van der Waals surface area contributed by atoms with Crippen molar-refractivity contribution in [2.24, 2.45) is 5.10 Å². The highest BCUT2D eigenvalue weighted by Gasteiger charge is 2.11. The molecule has 0 spiro atoms. The van der Waals surface area contributed by atoms with E-state index in [4.69, 9.17) is 4.74 Å². The second-order valence-corrected chi connectivity index (χ2v) is 5.62. The number of phenols is 1. The Morgan fingerprint density at radius 3 is 3.00 bits per heavy atom. The average molecular weight is 356 g/mol. The number of hydrazone groups is 1. The number of hydrogen-bond donors (Lipinski definition) is 2. The highest BCUT2D eigenvalue weighted by atomic mass is 79.9. The summed E-state index contributed by atoms with van der Waals surface area (Å²) in [6.45, 7) is 3.88. The topological polar surface area (TPSA) is 74.2 Å². The second-order valence-electron chi connectivity index (χ2n) is 4.70. The third-order valence-electron chi connectivity index (χ3n) is 3.14. The number of nitrogens with zero attached hydrogens (tertiary/aromatic N) is 2. The Bertz CT molecular complexity index is 516. The molecule has 1 aliphatic rings. The molecule has 1 heterocycles. The van der Waals surface area contributed by atoms with Crippen molar-refractivity contribution < 1.29 is 14.6 Å². The number of hydrogen-bond acceptors (Lipinski definition) is 5. The van der Waals surface area contributed by atoms with Crippen molar-refractivity contribution in [3.05, 3.63) is 28.2 Å². The molecule has 0 aromatic heterocycles. The fourth-order valence-corrected chi connectivity index (χ4v) is 2.32. The minimum absolute atomic E-state index is 0.115. The van der Waals surface area contributed by atoms with Crippen LogP contribution in [0.15, 0.2) is 27.8 Å². The first-order valence-electron chi connectivity index (χ1n) is 6.75. The molecular formula is C14H18BrN3O3. The monoisotopic (exact) mass is 355 g/mol. The van der Waals surface area contributed by atoms with Gasteiger partial charge < -0.3 is 9.84 Å². The molecule has 1 amide bonds. The molecule has 0 atom stereocenters. The van der Waals surface area contributed by atoms with Crippen LogP contribution in [0.5, 0.6) is 5.75 Å². The first-order chi connectivity index (χ1) is 10.1. The molecule has 7 heteroatoms. The van der Waals surface area contributed by atoms with E-state index in [-0.39, 0.29) is 11.7 Å². The van der Waals surface area contributed by atoms with E-state index in [1.54, 1.807) is 18.2 Å². The van der Waals surface area contributed by atoms with Crippen molar-refractivity contribution >= 4 is 28.1 Å². The maximum Gasteiger partial charge on any atom is 0.241 e. The van der Waals surface area contributed by atoms with Gasteiger partial charge in [0.1, 0.15) is 5.75 Å². The number of morpholine rings is 1. The standard InChI is InChI=1S/C14H18BrN3O3/c15-12-1-2-13(19)11(9-12)10-16-17-14(20)3-4-18-5-7-21-8-6-18/h1-2,9-10,19H,3-8H2,(H,17,20)/b16-10-. The zero-order valence-corrected chi connectivity index (χ0v) is 13.2. The lowest BCUT2D eigenvalue weighted by Crippen LogP contribution is -2.38. The summed E-state index contributed by atoms with van der Waals surface area (Å²) in [5.41, 5.74) is 3.00. The number of aromatic hydroxyl groups is 1. The van der Waals surface area contributed by atoms with Crippen molar-refractivity contribution in [2.45, 2.75) is 6.42 Å².